The quantitative estimate of drug-likeness (QED) is 0.563. The summed E-state index contributed by atoms with van der Waals surface area (Å²) in [5.41, 5.74) is 1.43. The van der Waals surface area contributed by atoms with Gasteiger partial charge in [0.05, 0.1) is 30.0 Å². The summed E-state index contributed by atoms with van der Waals surface area (Å²) in [6, 6.07) is 6.98. The maximum atomic E-state index is 12.9. The Balaban J connectivity index is 1.49. The molecule has 2 aromatic heterocycles. The van der Waals surface area contributed by atoms with E-state index < -0.39 is 11.9 Å². The van der Waals surface area contributed by atoms with E-state index in [0.29, 0.717) is 27.7 Å². The second kappa shape index (κ2) is 8.77. The number of carbonyl (C=O) groups excluding carboxylic acids is 2. The van der Waals surface area contributed by atoms with Gasteiger partial charge in [-0.2, -0.15) is 0 Å². The molecule has 0 fully saturated rings. The van der Waals surface area contributed by atoms with E-state index >= 15 is 0 Å². The van der Waals surface area contributed by atoms with Crippen molar-refractivity contribution in [3.05, 3.63) is 70.4 Å². The highest BCUT2D eigenvalue weighted by Gasteiger charge is 2.15. The number of aryl methyl sites for hydroxylation is 1. The van der Waals surface area contributed by atoms with Gasteiger partial charge in [0, 0.05) is 11.9 Å². The van der Waals surface area contributed by atoms with Crippen molar-refractivity contribution in [2.24, 2.45) is 0 Å². The number of carbonyl (C=O) groups is 2. The maximum absolute atomic E-state index is 12.9. The fourth-order valence-corrected chi connectivity index (χ4v) is 3.18. The standard InChI is InChI=1S/C19H18FN3O4S/c1-11-15(6-7-27-11)18(26)23-19-22-14(10-28-19)8-17(25)21-9-16(24)12-2-4-13(20)5-3-12/h2-7,10,16,24H,8-9H2,1H3,(H,21,25)(H,22,23,26). The fraction of sp³-hybridized carbons (Fsp3) is 0.211. The van der Waals surface area contributed by atoms with E-state index in [1.165, 1.54) is 41.9 Å². The molecule has 0 saturated heterocycles. The summed E-state index contributed by atoms with van der Waals surface area (Å²) in [6.07, 6.45) is 0.503. The van der Waals surface area contributed by atoms with Crippen molar-refractivity contribution in [2.75, 3.05) is 11.9 Å². The monoisotopic (exact) mass is 403 g/mol. The number of hydrogen-bond donors (Lipinski definition) is 3. The lowest BCUT2D eigenvalue weighted by atomic mass is 10.1. The van der Waals surface area contributed by atoms with Crippen LogP contribution in [0.25, 0.3) is 0 Å². The molecule has 146 valence electrons. The normalized spacial score (nSPS) is 11.8. The SMILES string of the molecule is Cc1occc1C(=O)Nc1nc(CC(=O)NCC(O)c2ccc(F)cc2)cs1. The van der Waals surface area contributed by atoms with Crippen LogP contribution >= 0.6 is 11.3 Å². The highest BCUT2D eigenvalue weighted by molar-refractivity contribution is 7.14. The van der Waals surface area contributed by atoms with Gasteiger partial charge in [-0.3, -0.25) is 14.9 Å². The molecule has 0 spiro atoms. The first-order valence-electron chi connectivity index (χ1n) is 8.42. The summed E-state index contributed by atoms with van der Waals surface area (Å²) in [5.74, 6) is -0.545. The average Bonchev–Trinajstić information content (AvgIpc) is 3.29. The Bertz CT molecular complexity index is 968. The summed E-state index contributed by atoms with van der Waals surface area (Å²) in [7, 11) is 0. The molecule has 0 radical (unpaired) electrons. The van der Waals surface area contributed by atoms with Crippen LogP contribution in [0.15, 0.2) is 46.4 Å². The predicted octanol–water partition coefficient (Wildman–Crippen LogP) is 2.83. The summed E-state index contributed by atoms with van der Waals surface area (Å²) >= 11 is 1.21. The van der Waals surface area contributed by atoms with E-state index in [9.17, 15) is 19.1 Å². The molecule has 1 unspecified atom stereocenters. The lowest BCUT2D eigenvalue weighted by molar-refractivity contribution is -0.120. The van der Waals surface area contributed by atoms with Crippen molar-refractivity contribution in [3.8, 4) is 0 Å². The number of aromatic nitrogens is 1. The van der Waals surface area contributed by atoms with Gasteiger partial charge >= 0.3 is 0 Å². The number of nitrogens with one attached hydrogen (secondary N) is 2. The second-order valence-electron chi connectivity index (χ2n) is 6.04. The second-order valence-corrected chi connectivity index (χ2v) is 6.89. The van der Waals surface area contributed by atoms with Crippen molar-refractivity contribution in [3.63, 3.8) is 0 Å². The number of nitrogens with zero attached hydrogens (tertiary/aromatic N) is 1. The summed E-state index contributed by atoms with van der Waals surface area (Å²) < 4.78 is 18.0. The van der Waals surface area contributed by atoms with Crippen LogP contribution in [0.2, 0.25) is 0 Å². The molecular formula is C19H18FN3O4S. The molecule has 0 aliphatic rings. The number of thiazole rings is 1. The van der Waals surface area contributed by atoms with Gasteiger partial charge in [-0.15, -0.1) is 11.3 Å². The molecule has 3 aromatic rings. The van der Waals surface area contributed by atoms with Gasteiger partial charge < -0.3 is 14.8 Å². The lowest BCUT2D eigenvalue weighted by Gasteiger charge is -2.12. The lowest BCUT2D eigenvalue weighted by Crippen LogP contribution is -2.29. The zero-order valence-corrected chi connectivity index (χ0v) is 15.8. The number of furan rings is 1. The third kappa shape index (κ3) is 5.02. The minimum absolute atomic E-state index is 0.00202. The molecular weight excluding hydrogens is 385 g/mol. The van der Waals surface area contributed by atoms with Gasteiger partial charge in [0.15, 0.2) is 5.13 Å². The fourth-order valence-electron chi connectivity index (χ4n) is 2.47. The molecule has 3 rings (SSSR count). The first-order chi connectivity index (χ1) is 13.4. The molecule has 9 heteroatoms. The molecule has 7 nitrogen and oxygen atoms in total. The zero-order valence-electron chi connectivity index (χ0n) is 14.9. The summed E-state index contributed by atoms with van der Waals surface area (Å²) in [6.45, 7) is 1.69. The molecule has 28 heavy (non-hydrogen) atoms. The molecule has 2 amide bonds. The van der Waals surface area contributed by atoms with Crippen LogP contribution in [0.5, 0.6) is 0 Å². The first kappa shape index (κ1) is 19.7. The van der Waals surface area contributed by atoms with Crippen LogP contribution in [0.1, 0.15) is 33.5 Å². The number of amides is 2. The third-order valence-corrected chi connectivity index (χ3v) is 4.77. The Labute approximate surface area is 164 Å². The molecule has 1 atom stereocenters. The van der Waals surface area contributed by atoms with E-state index in [1.54, 1.807) is 18.4 Å². The molecule has 1 aromatic carbocycles. The minimum atomic E-state index is -0.937. The Kier molecular flexibility index (Phi) is 6.17. The van der Waals surface area contributed by atoms with Gasteiger partial charge in [0.2, 0.25) is 5.91 Å². The van der Waals surface area contributed by atoms with E-state index in [2.05, 4.69) is 15.6 Å². The van der Waals surface area contributed by atoms with E-state index in [-0.39, 0.29) is 24.8 Å². The molecule has 0 saturated carbocycles. The Morgan fingerprint density at radius 2 is 2.04 bits per heavy atom. The molecule has 0 bridgehead atoms. The minimum Gasteiger partial charge on any atom is -0.469 e. The molecule has 0 aliphatic carbocycles. The number of aliphatic hydroxyl groups is 1. The van der Waals surface area contributed by atoms with Gasteiger partial charge in [-0.1, -0.05) is 12.1 Å². The highest BCUT2D eigenvalue weighted by Crippen LogP contribution is 2.18. The predicted molar refractivity (Wildman–Crippen MR) is 102 cm³/mol. The highest BCUT2D eigenvalue weighted by atomic mass is 32.1. The Morgan fingerprint density at radius 3 is 2.71 bits per heavy atom. The number of rotatable bonds is 7. The number of aliphatic hydroxyl groups excluding tert-OH is 1. The van der Waals surface area contributed by atoms with Crippen LogP contribution in [0, 0.1) is 12.7 Å². The Morgan fingerprint density at radius 1 is 1.29 bits per heavy atom. The van der Waals surface area contributed by atoms with Crippen LogP contribution in [-0.4, -0.2) is 28.4 Å². The van der Waals surface area contributed by atoms with Crippen LogP contribution in [-0.2, 0) is 11.2 Å². The van der Waals surface area contributed by atoms with Gasteiger partial charge in [-0.05, 0) is 30.7 Å². The molecule has 3 N–H and O–H groups in total. The number of hydrogen-bond acceptors (Lipinski definition) is 6. The van der Waals surface area contributed by atoms with Crippen LogP contribution in [0.3, 0.4) is 0 Å². The van der Waals surface area contributed by atoms with Crippen molar-refractivity contribution in [1.29, 1.82) is 0 Å². The van der Waals surface area contributed by atoms with Crippen molar-refractivity contribution in [2.45, 2.75) is 19.4 Å². The van der Waals surface area contributed by atoms with Crippen LogP contribution in [0.4, 0.5) is 9.52 Å². The van der Waals surface area contributed by atoms with Gasteiger partial charge in [0.25, 0.3) is 5.91 Å². The van der Waals surface area contributed by atoms with Gasteiger partial charge in [-0.25, -0.2) is 9.37 Å². The summed E-state index contributed by atoms with van der Waals surface area (Å²) in [4.78, 5) is 28.4. The van der Waals surface area contributed by atoms with E-state index in [1.807, 2.05) is 0 Å². The topological polar surface area (TPSA) is 104 Å². The third-order valence-electron chi connectivity index (χ3n) is 3.96. The van der Waals surface area contributed by atoms with Crippen molar-refractivity contribution in [1.82, 2.24) is 10.3 Å². The molecule has 0 aliphatic heterocycles. The van der Waals surface area contributed by atoms with Gasteiger partial charge in [0.1, 0.15) is 11.6 Å². The number of benzene rings is 1. The largest absolute Gasteiger partial charge is 0.469 e. The summed E-state index contributed by atoms with van der Waals surface area (Å²) in [5, 5.41) is 17.4. The smallest absolute Gasteiger partial charge is 0.260 e. The van der Waals surface area contributed by atoms with Crippen molar-refractivity contribution >= 4 is 28.3 Å². The first-order valence-corrected chi connectivity index (χ1v) is 9.30. The maximum Gasteiger partial charge on any atom is 0.260 e. The number of anilines is 1. The van der Waals surface area contributed by atoms with Crippen LogP contribution < -0.4 is 10.6 Å². The Hall–Kier alpha value is -3.04. The van der Waals surface area contributed by atoms with Crippen molar-refractivity contribution < 1.29 is 23.5 Å². The average molecular weight is 403 g/mol. The molecule has 2 heterocycles. The zero-order chi connectivity index (χ0) is 20.1. The van der Waals surface area contributed by atoms with E-state index in [0.717, 1.165) is 0 Å². The van der Waals surface area contributed by atoms with E-state index in [4.69, 9.17) is 4.42 Å². The number of halogens is 1.